The van der Waals surface area contributed by atoms with Crippen molar-refractivity contribution in [1.82, 2.24) is 36.8 Å². The highest BCUT2D eigenvalue weighted by Gasteiger charge is 2.39. The van der Waals surface area contributed by atoms with Gasteiger partial charge in [-0.15, -0.1) is 0 Å². The van der Waals surface area contributed by atoms with E-state index in [0.717, 1.165) is 5.56 Å². The first kappa shape index (κ1) is 51.4. The average Bonchev–Trinajstić information content (AvgIpc) is 3.68. The van der Waals surface area contributed by atoms with Gasteiger partial charge in [-0.2, -0.15) is 0 Å². The second-order valence-corrected chi connectivity index (χ2v) is 16.6. The molecule has 7 atom stereocenters. The predicted molar refractivity (Wildman–Crippen MR) is 229 cm³/mol. The Kier molecular flexibility index (Phi) is 21.1. The van der Waals surface area contributed by atoms with Gasteiger partial charge in [-0.25, -0.2) is 0 Å². The Morgan fingerprint density at radius 2 is 1.33 bits per heavy atom. The number of hydrogen-bond donors (Lipinski definition) is 10. The maximum Gasteiger partial charge on any atom is 0.246 e. The van der Waals surface area contributed by atoms with Crippen molar-refractivity contribution in [3.8, 4) is 0 Å². The van der Waals surface area contributed by atoms with E-state index < -0.39 is 102 Å². The number of primary amides is 1. The van der Waals surface area contributed by atoms with Crippen molar-refractivity contribution in [2.45, 2.75) is 129 Å². The molecule has 0 unspecified atom stereocenters. The molecule has 0 aromatic heterocycles. The number of amides is 8. The van der Waals surface area contributed by atoms with Gasteiger partial charge < -0.3 is 59.7 Å². The number of nitrogens with two attached hydrogens (primary N) is 4. The van der Waals surface area contributed by atoms with Crippen LogP contribution >= 0.6 is 0 Å². The number of nitrogens with one attached hydrogen (secondary N) is 6. The van der Waals surface area contributed by atoms with Gasteiger partial charge in [0.05, 0.1) is 12.6 Å². The molecule has 61 heavy (non-hydrogen) atoms. The molecule has 1 aromatic rings. The monoisotopic (exact) mass is 857 g/mol. The summed E-state index contributed by atoms with van der Waals surface area (Å²) in [6, 6.07) is 1.78. The van der Waals surface area contributed by atoms with Gasteiger partial charge in [0.1, 0.15) is 36.3 Å². The maximum atomic E-state index is 13.9. The highest BCUT2D eigenvalue weighted by molar-refractivity contribution is 5.97. The molecular formula is C41H68N12O8. The number of hydrogen-bond acceptors (Lipinski definition) is 10. The maximum absolute atomic E-state index is 13.9. The van der Waals surface area contributed by atoms with Crippen LogP contribution in [0.3, 0.4) is 0 Å². The number of guanidine groups is 1. The molecule has 14 N–H and O–H groups in total. The predicted octanol–water partition coefficient (Wildman–Crippen LogP) is -2.00. The largest absolute Gasteiger partial charge is 0.370 e. The van der Waals surface area contributed by atoms with E-state index in [1.54, 1.807) is 52.0 Å². The van der Waals surface area contributed by atoms with Crippen LogP contribution in [-0.2, 0) is 44.8 Å². The van der Waals surface area contributed by atoms with Crippen molar-refractivity contribution in [1.29, 1.82) is 0 Å². The fourth-order valence-electron chi connectivity index (χ4n) is 6.68. The lowest BCUT2D eigenvalue weighted by molar-refractivity contribution is -0.142. The topological polar surface area (TPSA) is 328 Å². The molecule has 0 saturated carbocycles. The zero-order chi connectivity index (χ0) is 46.0. The molecule has 1 heterocycles. The van der Waals surface area contributed by atoms with Crippen LogP contribution in [0.5, 0.6) is 0 Å². The molecule has 1 saturated heterocycles. The number of benzene rings is 1. The Hall–Kier alpha value is -5.79. The summed E-state index contributed by atoms with van der Waals surface area (Å²) >= 11 is 0. The molecule has 20 nitrogen and oxygen atoms in total. The average molecular weight is 857 g/mol. The molecule has 2 rings (SSSR count). The van der Waals surface area contributed by atoms with Crippen LogP contribution in [0.2, 0.25) is 0 Å². The summed E-state index contributed by atoms with van der Waals surface area (Å²) in [5.74, 6) is -6.01. The number of likely N-dealkylation sites (tertiary alicyclic amines) is 1. The fraction of sp³-hybridized carbons (Fsp3) is 0.634. The van der Waals surface area contributed by atoms with E-state index in [2.05, 4.69) is 36.9 Å². The van der Waals surface area contributed by atoms with Crippen LogP contribution in [0.15, 0.2) is 35.3 Å². The van der Waals surface area contributed by atoms with E-state index >= 15 is 0 Å². The Bertz CT molecular complexity index is 1700. The quantitative estimate of drug-likeness (QED) is 0.0308. The molecule has 340 valence electrons. The van der Waals surface area contributed by atoms with E-state index in [1.165, 1.54) is 11.8 Å². The van der Waals surface area contributed by atoms with Crippen molar-refractivity contribution in [2.24, 2.45) is 45.7 Å². The number of rotatable bonds is 24. The fourth-order valence-corrected chi connectivity index (χ4v) is 6.68. The minimum Gasteiger partial charge on any atom is -0.370 e. The number of carbonyl (C=O) groups is 8. The molecule has 0 radical (unpaired) electrons. The van der Waals surface area contributed by atoms with E-state index in [0.29, 0.717) is 12.8 Å². The normalized spacial score (nSPS) is 16.6. The lowest BCUT2D eigenvalue weighted by Crippen LogP contribution is -2.59. The minimum absolute atomic E-state index is 0.0686. The van der Waals surface area contributed by atoms with Crippen molar-refractivity contribution >= 4 is 53.2 Å². The standard InChI is InChI=1S/C41H68N12O8/c1-22(2)19-29(37(58)48-27(15-11-17-46-41(44)45)36(57)49-28(34(43)55)20-26-13-9-8-10-14-26)50-39(60)32(23(3)4)51-31(54)21-47-38(59)30-16-12-18-53(30)40(61)33(24(5)6)52-35(56)25(7)42/h8-10,13-14,22-25,27-30,32-33H,11-12,15-21,42H2,1-7H3,(H2,43,55)(H,47,59)(H,48,58)(H,49,57)(H,50,60)(H,51,54)(H,52,56)(H4,44,45,46)/t25-,27-,28-,29-,30-,32-,33-/m0/s1. The lowest BCUT2D eigenvalue weighted by atomic mass is 9.99. The van der Waals surface area contributed by atoms with Gasteiger partial charge in [0.15, 0.2) is 5.96 Å². The van der Waals surface area contributed by atoms with E-state index in [4.69, 9.17) is 22.9 Å². The van der Waals surface area contributed by atoms with E-state index in [1.807, 2.05) is 19.9 Å². The Labute approximate surface area is 358 Å². The first-order valence-corrected chi connectivity index (χ1v) is 20.9. The molecule has 1 aliphatic heterocycles. The summed E-state index contributed by atoms with van der Waals surface area (Å²) in [4.78, 5) is 111. The van der Waals surface area contributed by atoms with E-state index in [-0.39, 0.29) is 56.6 Å². The van der Waals surface area contributed by atoms with Gasteiger partial charge in [0, 0.05) is 19.5 Å². The SMILES string of the molecule is CC(C)C[C@H](NC(=O)[C@@H](NC(=O)CNC(=O)[C@@H]1CCCN1C(=O)[C@@H](NC(=O)[C@H](C)N)C(C)C)C(C)C)C(=O)N[C@@H](CCCN=C(N)N)C(=O)N[C@@H](Cc1ccccc1)C(N)=O. The number of aliphatic imine (C=N–C) groups is 1. The van der Waals surface area contributed by atoms with Crippen molar-refractivity contribution < 1.29 is 38.4 Å². The summed E-state index contributed by atoms with van der Waals surface area (Å²) in [7, 11) is 0. The van der Waals surface area contributed by atoms with Gasteiger partial charge in [-0.1, -0.05) is 71.9 Å². The number of nitrogens with zero attached hydrogens (tertiary/aromatic N) is 2. The summed E-state index contributed by atoms with van der Waals surface area (Å²) in [6.07, 6.45) is 1.50. The lowest BCUT2D eigenvalue weighted by Gasteiger charge is -2.31. The molecule has 1 fully saturated rings. The zero-order valence-electron chi connectivity index (χ0n) is 36.5. The van der Waals surface area contributed by atoms with Gasteiger partial charge >= 0.3 is 0 Å². The van der Waals surface area contributed by atoms with Crippen LogP contribution in [0.1, 0.15) is 86.1 Å². The molecule has 1 aliphatic rings. The number of carbonyl (C=O) groups excluding carboxylic acids is 8. The molecule has 0 bridgehead atoms. The van der Waals surface area contributed by atoms with Gasteiger partial charge in [0.25, 0.3) is 0 Å². The summed E-state index contributed by atoms with van der Waals surface area (Å²) in [6.45, 7) is 12.0. The molecule has 0 aliphatic carbocycles. The minimum atomic E-state index is -1.18. The van der Waals surface area contributed by atoms with Gasteiger partial charge in [0.2, 0.25) is 47.3 Å². The molecule has 1 aromatic carbocycles. The van der Waals surface area contributed by atoms with E-state index in [9.17, 15) is 38.4 Å². The van der Waals surface area contributed by atoms with Crippen molar-refractivity contribution in [3.63, 3.8) is 0 Å². The Morgan fingerprint density at radius 1 is 0.738 bits per heavy atom. The first-order valence-electron chi connectivity index (χ1n) is 20.9. The Morgan fingerprint density at radius 3 is 1.89 bits per heavy atom. The first-order chi connectivity index (χ1) is 28.6. The summed E-state index contributed by atoms with van der Waals surface area (Å²) in [5, 5.41) is 15.9. The zero-order valence-corrected chi connectivity index (χ0v) is 36.5. The third-order valence-corrected chi connectivity index (χ3v) is 10.0. The molecule has 20 heteroatoms. The third kappa shape index (κ3) is 17.4. The second kappa shape index (κ2) is 25.1. The third-order valence-electron chi connectivity index (χ3n) is 10.0. The van der Waals surface area contributed by atoms with Gasteiger partial charge in [-0.05, 0) is 62.3 Å². The van der Waals surface area contributed by atoms with Crippen LogP contribution in [0.4, 0.5) is 0 Å². The molecule has 0 spiro atoms. The molecule has 8 amide bonds. The van der Waals surface area contributed by atoms with Crippen LogP contribution in [0, 0.1) is 17.8 Å². The van der Waals surface area contributed by atoms with Crippen molar-refractivity contribution in [3.05, 3.63) is 35.9 Å². The smallest absolute Gasteiger partial charge is 0.246 e. The molecular weight excluding hydrogens is 789 g/mol. The van der Waals surface area contributed by atoms with Crippen LogP contribution in [0.25, 0.3) is 0 Å². The van der Waals surface area contributed by atoms with Crippen LogP contribution < -0.4 is 54.8 Å². The Balaban J connectivity index is 2.16. The second-order valence-electron chi connectivity index (χ2n) is 16.6. The van der Waals surface area contributed by atoms with Crippen LogP contribution in [-0.4, -0.2) is 120 Å². The summed E-state index contributed by atoms with van der Waals surface area (Å²) in [5.41, 5.74) is 23.0. The summed E-state index contributed by atoms with van der Waals surface area (Å²) < 4.78 is 0. The van der Waals surface area contributed by atoms with Gasteiger partial charge in [-0.3, -0.25) is 43.3 Å². The highest BCUT2D eigenvalue weighted by Crippen LogP contribution is 2.21. The highest BCUT2D eigenvalue weighted by atomic mass is 16.2. The van der Waals surface area contributed by atoms with Crippen molar-refractivity contribution in [2.75, 3.05) is 19.6 Å².